The highest BCUT2D eigenvalue weighted by Gasteiger charge is 2.37. The summed E-state index contributed by atoms with van der Waals surface area (Å²) >= 11 is 0. The number of hydrogen-bond acceptors (Lipinski definition) is 0. The van der Waals surface area contributed by atoms with E-state index in [0.29, 0.717) is 0 Å². The Morgan fingerprint density at radius 3 is 0.941 bits per heavy atom. The van der Waals surface area contributed by atoms with E-state index in [4.69, 9.17) is 0 Å². The van der Waals surface area contributed by atoms with E-state index in [1.165, 1.54) is 128 Å². The first kappa shape index (κ1) is 32.0. The van der Waals surface area contributed by atoms with Crippen LogP contribution in [0.15, 0.2) is 0 Å². The highest BCUT2D eigenvalue weighted by molar-refractivity contribution is 4.88. The molecule has 0 aromatic rings. The van der Waals surface area contributed by atoms with Gasteiger partial charge in [-0.2, -0.15) is 0 Å². The second-order valence-corrected chi connectivity index (χ2v) is 12.2. The van der Waals surface area contributed by atoms with E-state index in [1.54, 1.807) is 38.5 Å². The Balaban J connectivity index is 2.72. The van der Waals surface area contributed by atoms with Crippen molar-refractivity contribution in [3.05, 3.63) is 0 Å². The van der Waals surface area contributed by atoms with Crippen LogP contribution in [0.2, 0.25) is 0 Å². The molecule has 1 aliphatic rings. The van der Waals surface area contributed by atoms with Gasteiger partial charge in [0.1, 0.15) is 0 Å². The van der Waals surface area contributed by atoms with Crippen molar-refractivity contribution in [2.24, 2.45) is 23.7 Å². The van der Waals surface area contributed by atoms with Crippen LogP contribution < -0.4 is 0 Å². The van der Waals surface area contributed by atoms with Crippen molar-refractivity contribution in [2.45, 2.75) is 195 Å². The average Bonchev–Trinajstić information content (AvgIpc) is 2.85. The number of hydrogen-bond donors (Lipinski definition) is 0. The van der Waals surface area contributed by atoms with Gasteiger partial charge in [-0.25, -0.2) is 0 Å². The van der Waals surface area contributed by atoms with Gasteiger partial charge < -0.3 is 0 Å². The molecule has 0 nitrogen and oxygen atoms in total. The van der Waals surface area contributed by atoms with Gasteiger partial charge in [0.05, 0.1) is 0 Å². The molecule has 0 aliphatic heterocycles. The van der Waals surface area contributed by atoms with Crippen LogP contribution >= 0.6 is 0 Å². The molecule has 0 heterocycles. The summed E-state index contributed by atoms with van der Waals surface area (Å²) in [5.41, 5.74) is 0. The van der Waals surface area contributed by atoms with Crippen LogP contribution in [0.3, 0.4) is 0 Å². The first-order valence-electron chi connectivity index (χ1n) is 16.8. The summed E-state index contributed by atoms with van der Waals surface area (Å²) in [6, 6.07) is 0. The lowest BCUT2D eigenvalue weighted by molar-refractivity contribution is 0.0581. The van der Waals surface area contributed by atoms with Crippen LogP contribution in [0.5, 0.6) is 0 Å². The van der Waals surface area contributed by atoms with Gasteiger partial charge in [-0.3, -0.25) is 0 Å². The summed E-state index contributed by atoms with van der Waals surface area (Å²) in [5.74, 6) is 4.25. The predicted molar refractivity (Wildman–Crippen MR) is 157 cm³/mol. The molecule has 1 rings (SSSR count). The summed E-state index contributed by atoms with van der Waals surface area (Å²) in [5, 5.41) is 0. The Morgan fingerprint density at radius 2 is 0.588 bits per heavy atom. The largest absolute Gasteiger partial charge is 0.0654 e. The summed E-state index contributed by atoms with van der Waals surface area (Å²) in [6.45, 7) is 9.42. The second kappa shape index (κ2) is 23.4. The van der Waals surface area contributed by atoms with Gasteiger partial charge >= 0.3 is 0 Å². The molecule has 4 atom stereocenters. The molecule has 0 amide bonds. The normalized spacial score (nSPS) is 22.9. The smallest absolute Gasteiger partial charge is 0.0355 e. The predicted octanol–water partition coefficient (Wildman–Crippen LogP) is 12.7. The molecule has 0 aromatic carbocycles. The van der Waals surface area contributed by atoms with Gasteiger partial charge in [0.25, 0.3) is 0 Å². The third-order valence-electron chi connectivity index (χ3n) is 9.31. The maximum absolute atomic E-state index is 2.36. The quantitative estimate of drug-likeness (QED) is 0.121. The monoisotopic (exact) mass is 477 g/mol. The molecule has 0 radical (unpaired) electrons. The van der Waals surface area contributed by atoms with Gasteiger partial charge in [0, 0.05) is 0 Å². The number of unbranched alkanes of at least 4 members (excludes halogenated alkanes) is 16. The minimum absolute atomic E-state index is 1.06. The van der Waals surface area contributed by atoms with E-state index in [9.17, 15) is 0 Å². The van der Waals surface area contributed by atoms with Crippen LogP contribution in [0, 0.1) is 23.7 Å². The summed E-state index contributed by atoms with van der Waals surface area (Å²) in [7, 11) is 0. The summed E-state index contributed by atoms with van der Waals surface area (Å²) in [4.78, 5) is 0. The van der Waals surface area contributed by atoms with Crippen LogP contribution in [-0.4, -0.2) is 0 Å². The van der Waals surface area contributed by atoms with E-state index < -0.39 is 0 Å². The summed E-state index contributed by atoms with van der Waals surface area (Å²) < 4.78 is 0. The number of rotatable bonds is 24. The fraction of sp³-hybridized carbons (Fsp3) is 1.00. The highest BCUT2D eigenvalue weighted by Crippen LogP contribution is 2.47. The van der Waals surface area contributed by atoms with Gasteiger partial charge in [-0.05, 0) is 49.4 Å². The van der Waals surface area contributed by atoms with Crippen LogP contribution in [0.4, 0.5) is 0 Å². The molecule has 1 fully saturated rings. The molecule has 0 aromatic heterocycles. The van der Waals surface area contributed by atoms with Crippen LogP contribution in [0.25, 0.3) is 0 Å². The SMILES string of the molecule is CCCCCCCCC1C(CCCCCCC)CCC(CCCCCC)C1CCCCCCC. The molecule has 4 unspecified atom stereocenters. The van der Waals surface area contributed by atoms with Crippen molar-refractivity contribution in [2.75, 3.05) is 0 Å². The topological polar surface area (TPSA) is 0 Å². The standard InChI is InChI=1S/C34H68/c1-5-9-13-17-20-24-28-34-32(26-22-18-14-10-6-2)30-29-31(25-21-16-12-8-4)33(34)27-23-19-15-11-7-3/h31-34H,5-30H2,1-4H3. The lowest BCUT2D eigenvalue weighted by Gasteiger charge is -2.44. The van der Waals surface area contributed by atoms with E-state index in [2.05, 4.69) is 27.7 Å². The molecule has 1 saturated carbocycles. The lowest BCUT2D eigenvalue weighted by atomic mass is 9.61. The van der Waals surface area contributed by atoms with E-state index in [0.717, 1.165) is 23.7 Å². The van der Waals surface area contributed by atoms with Gasteiger partial charge in [-0.1, -0.05) is 169 Å². The summed E-state index contributed by atoms with van der Waals surface area (Å²) in [6.07, 6.45) is 38.7. The van der Waals surface area contributed by atoms with E-state index >= 15 is 0 Å². The first-order chi connectivity index (χ1) is 16.8. The van der Waals surface area contributed by atoms with E-state index in [1.807, 2.05) is 0 Å². The maximum atomic E-state index is 2.36. The minimum Gasteiger partial charge on any atom is -0.0654 e. The van der Waals surface area contributed by atoms with Gasteiger partial charge in [0.2, 0.25) is 0 Å². The molecule has 1 aliphatic carbocycles. The van der Waals surface area contributed by atoms with Crippen molar-refractivity contribution in [1.29, 1.82) is 0 Å². The fourth-order valence-corrected chi connectivity index (χ4v) is 7.16. The van der Waals surface area contributed by atoms with Gasteiger partial charge in [-0.15, -0.1) is 0 Å². The Morgan fingerprint density at radius 1 is 0.324 bits per heavy atom. The Kier molecular flexibility index (Phi) is 22.0. The molecule has 204 valence electrons. The molecule has 34 heavy (non-hydrogen) atoms. The van der Waals surface area contributed by atoms with Crippen molar-refractivity contribution in [3.63, 3.8) is 0 Å². The molecule has 0 N–H and O–H groups in total. The van der Waals surface area contributed by atoms with E-state index in [-0.39, 0.29) is 0 Å². The Hall–Kier alpha value is 0. The second-order valence-electron chi connectivity index (χ2n) is 12.2. The fourth-order valence-electron chi connectivity index (χ4n) is 7.16. The van der Waals surface area contributed by atoms with Crippen LogP contribution in [-0.2, 0) is 0 Å². The zero-order valence-corrected chi connectivity index (χ0v) is 24.7. The third kappa shape index (κ3) is 15.2. The molecule has 0 spiro atoms. The lowest BCUT2D eigenvalue weighted by Crippen LogP contribution is -2.35. The highest BCUT2D eigenvalue weighted by atomic mass is 14.4. The molecule has 0 bridgehead atoms. The van der Waals surface area contributed by atoms with Crippen LogP contribution in [0.1, 0.15) is 195 Å². The average molecular weight is 477 g/mol. The minimum atomic E-state index is 1.06. The first-order valence-corrected chi connectivity index (χ1v) is 16.8. The Bertz CT molecular complexity index is 399. The van der Waals surface area contributed by atoms with Crippen molar-refractivity contribution < 1.29 is 0 Å². The Labute approximate surface area is 218 Å². The zero-order chi connectivity index (χ0) is 24.7. The van der Waals surface area contributed by atoms with Crippen molar-refractivity contribution in [3.8, 4) is 0 Å². The van der Waals surface area contributed by atoms with Gasteiger partial charge in [0.15, 0.2) is 0 Å². The molecular weight excluding hydrogens is 408 g/mol. The van der Waals surface area contributed by atoms with Crippen molar-refractivity contribution in [1.82, 2.24) is 0 Å². The third-order valence-corrected chi connectivity index (χ3v) is 9.31. The molecule has 0 saturated heterocycles. The maximum Gasteiger partial charge on any atom is -0.0355 e. The zero-order valence-electron chi connectivity index (χ0n) is 24.7. The molecular formula is C34H68. The molecule has 0 heteroatoms. The van der Waals surface area contributed by atoms with Crippen molar-refractivity contribution >= 4 is 0 Å².